The Hall–Kier alpha value is -4.93. The van der Waals surface area contributed by atoms with Crippen molar-refractivity contribution in [2.24, 2.45) is 11.1 Å². The van der Waals surface area contributed by atoms with Gasteiger partial charge in [0.05, 0.1) is 11.7 Å². The minimum atomic E-state index is 0.0378. The zero-order chi connectivity index (χ0) is 28.0. The number of aromatic nitrogens is 5. The van der Waals surface area contributed by atoms with Crippen molar-refractivity contribution in [1.82, 2.24) is 34.9 Å². The smallest absolute Gasteiger partial charge is 0.270 e. The van der Waals surface area contributed by atoms with Gasteiger partial charge in [0.25, 0.3) is 5.91 Å². The van der Waals surface area contributed by atoms with E-state index in [1.807, 2.05) is 58.3 Å². The zero-order valence-corrected chi connectivity index (χ0v) is 22.7. The van der Waals surface area contributed by atoms with Crippen LogP contribution in [-0.4, -0.2) is 73.0 Å². The van der Waals surface area contributed by atoms with Crippen molar-refractivity contribution < 1.29 is 4.79 Å². The van der Waals surface area contributed by atoms with Crippen LogP contribution in [0.3, 0.4) is 0 Å². The van der Waals surface area contributed by atoms with E-state index in [0.29, 0.717) is 17.3 Å². The van der Waals surface area contributed by atoms with Crippen molar-refractivity contribution in [3.63, 3.8) is 0 Å². The van der Waals surface area contributed by atoms with Gasteiger partial charge in [-0.3, -0.25) is 15.3 Å². The van der Waals surface area contributed by atoms with Crippen LogP contribution >= 0.6 is 0 Å². The van der Waals surface area contributed by atoms with E-state index in [2.05, 4.69) is 25.5 Å². The van der Waals surface area contributed by atoms with Gasteiger partial charge >= 0.3 is 0 Å². The maximum atomic E-state index is 13.4. The summed E-state index contributed by atoms with van der Waals surface area (Å²) in [7, 11) is 0. The fourth-order valence-electron chi connectivity index (χ4n) is 6.19. The van der Waals surface area contributed by atoms with E-state index < -0.39 is 0 Å². The third kappa shape index (κ3) is 4.83. The first-order valence-electron chi connectivity index (χ1n) is 14.0. The van der Waals surface area contributed by atoms with Gasteiger partial charge in [-0.1, -0.05) is 12.1 Å². The zero-order valence-electron chi connectivity index (χ0n) is 22.7. The molecule has 11 nitrogen and oxygen atoms in total. The molecule has 7 rings (SSSR count). The van der Waals surface area contributed by atoms with E-state index in [1.165, 1.54) is 0 Å². The normalized spacial score (nSPS) is 16.9. The molecule has 2 aromatic carbocycles. The molecule has 2 fully saturated rings. The van der Waals surface area contributed by atoms with Crippen molar-refractivity contribution in [1.29, 1.82) is 5.41 Å². The maximum Gasteiger partial charge on any atom is 0.270 e. The summed E-state index contributed by atoms with van der Waals surface area (Å²) in [6, 6.07) is 15.7. The first-order chi connectivity index (χ1) is 19.9. The lowest BCUT2D eigenvalue weighted by Gasteiger charge is -2.46. The SMILES string of the molecule is N=C(N)N1CCC2(CC1)CCN(C(=O)c1cc3ccc(-c4nccc(Nc5ccc6[nH]ncc6c5)n4)cc3[nH]1)CC2. The predicted octanol–water partition coefficient (Wildman–Crippen LogP) is 4.46. The van der Waals surface area contributed by atoms with E-state index in [1.54, 1.807) is 12.4 Å². The van der Waals surface area contributed by atoms with Crippen molar-refractivity contribution in [2.75, 3.05) is 31.5 Å². The van der Waals surface area contributed by atoms with Crippen LogP contribution in [0.25, 0.3) is 33.2 Å². The number of benzene rings is 2. The molecule has 0 saturated carbocycles. The Morgan fingerprint density at radius 1 is 0.927 bits per heavy atom. The molecule has 5 heterocycles. The van der Waals surface area contributed by atoms with Gasteiger partial charge in [-0.15, -0.1) is 0 Å². The largest absolute Gasteiger partial charge is 0.370 e. The number of hydrogen-bond acceptors (Lipinski definition) is 6. The van der Waals surface area contributed by atoms with Gasteiger partial charge in [0.2, 0.25) is 0 Å². The van der Waals surface area contributed by atoms with Crippen LogP contribution < -0.4 is 11.1 Å². The quantitative estimate of drug-likeness (QED) is 0.164. The molecule has 6 N–H and O–H groups in total. The number of nitrogens with one attached hydrogen (secondary N) is 4. The molecule has 0 atom stereocenters. The van der Waals surface area contributed by atoms with Gasteiger partial charge in [-0.25, -0.2) is 9.97 Å². The van der Waals surface area contributed by atoms with Crippen LogP contribution in [0, 0.1) is 10.8 Å². The number of carbonyl (C=O) groups excluding carboxylic acids is 1. The molecule has 2 saturated heterocycles. The third-order valence-electron chi connectivity index (χ3n) is 8.76. The van der Waals surface area contributed by atoms with Gasteiger partial charge < -0.3 is 25.8 Å². The van der Waals surface area contributed by atoms with Crippen molar-refractivity contribution in [3.05, 3.63) is 66.6 Å². The highest BCUT2D eigenvalue weighted by molar-refractivity contribution is 5.98. The number of nitrogens with two attached hydrogens (primary N) is 1. The molecular formula is C30H32N10O. The van der Waals surface area contributed by atoms with Crippen LogP contribution in [0.15, 0.2) is 60.9 Å². The second-order valence-electron chi connectivity index (χ2n) is 11.2. The molecule has 11 heteroatoms. The summed E-state index contributed by atoms with van der Waals surface area (Å²) in [5, 5.41) is 20.1. The molecule has 208 valence electrons. The average Bonchev–Trinajstić information content (AvgIpc) is 3.64. The van der Waals surface area contributed by atoms with E-state index in [0.717, 1.165) is 84.9 Å². The number of hydrogen-bond donors (Lipinski definition) is 5. The molecular weight excluding hydrogens is 516 g/mol. The Morgan fingerprint density at radius 3 is 2.49 bits per heavy atom. The summed E-state index contributed by atoms with van der Waals surface area (Å²) >= 11 is 0. The lowest BCUT2D eigenvalue weighted by Crippen LogP contribution is -2.50. The van der Waals surface area contributed by atoms with Gasteiger partial charge in [-0.05, 0) is 67.5 Å². The number of likely N-dealkylation sites (tertiary alicyclic amines) is 2. The molecule has 2 aliphatic heterocycles. The average molecular weight is 549 g/mol. The summed E-state index contributed by atoms with van der Waals surface area (Å²) in [5.41, 5.74) is 10.2. The minimum Gasteiger partial charge on any atom is -0.370 e. The molecule has 0 bridgehead atoms. The van der Waals surface area contributed by atoms with Crippen molar-refractivity contribution >= 4 is 45.2 Å². The highest BCUT2D eigenvalue weighted by Crippen LogP contribution is 2.41. The molecule has 1 spiro atoms. The van der Waals surface area contributed by atoms with E-state index in [9.17, 15) is 4.79 Å². The summed E-state index contributed by atoms with van der Waals surface area (Å²) < 4.78 is 0. The first kappa shape index (κ1) is 25.1. The lowest BCUT2D eigenvalue weighted by atomic mass is 9.71. The van der Waals surface area contributed by atoms with Crippen LogP contribution in [0.1, 0.15) is 36.2 Å². The first-order valence-corrected chi connectivity index (χ1v) is 14.0. The Kier molecular flexibility index (Phi) is 6.06. The number of anilines is 2. The van der Waals surface area contributed by atoms with E-state index in [-0.39, 0.29) is 17.3 Å². The minimum absolute atomic E-state index is 0.0378. The van der Waals surface area contributed by atoms with Gasteiger partial charge in [0.1, 0.15) is 11.5 Å². The second kappa shape index (κ2) is 9.92. The molecule has 3 aromatic heterocycles. The van der Waals surface area contributed by atoms with Crippen molar-refractivity contribution in [2.45, 2.75) is 25.7 Å². The van der Waals surface area contributed by atoms with Crippen LogP contribution in [0.5, 0.6) is 0 Å². The predicted molar refractivity (Wildman–Crippen MR) is 159 cm³/mol. The summed E-state index contributed by atoms with van der Waals surface area (Å²) in [4.78, 5) is 29.9. The number of carbonyl (C=O) groups is 1. The van der Waals surface area contributed by atoms with Crippen LogP contribution in [0.4, 0.5) is 11.5 Å². The summed E-state index contributed by atoms with van der Waals surface area (Å²) in [5.74, 6) is 1.49. The molecule has 5 aromatic rings. The Morgan fingerprint density at radius 2 is 1.71 bits per heavy atom. The lowest BCUT2D eigenvalue weighted by molar-refractivity contribution is 0.0404. The number of amides is 1. The van der Waals surface area contributed by atoms with E-state index in [4.69, 9.17) is 16.1 Å². The molecule has 2 aliphatic rings. The molecule has 41 heavy (non-hydrogen) atoms. The van der Waals surface area contributed by atoms with Crippen molar-refractivity contribution in [3.8, 4) is 11.4 Å². The van der Waals surface area contributed by atoms with Gasteiger partial charge in [0.15, 0.2) is 11.8 Å². The number of rotatable bonds is 4. The van der Waals surface area contributed by atoms with Crippen LogP contribution in [0.2, 0.25) is 0 Å². The fraction of sp³-hybridized carbons (Fsp3) is 0.300. The third-order valence-corrected chi connectivity index (χ3v) is 8.76. The Balaban J connectivity index is 1.04. The molecule has 0 aliphatic carbocycles. The number of guanidine groups is 1. The topological polar surface area (TPSA) is 156 Å². The summed E-state index contributed by atoms with van der Waals surface area (Å²) in [6.45, 7) is 3.16. The van der Waals surface area contributed by atoms with Gasteiger partial charge in [-0.2, -0.15) is 5.10 Å². The molecule has 1 amide bonds. The van der Waals surface area contributed by atoms with Gasteiger partial charge in [0, 0.05) is 59.9 Å². The Bertz CT molecular complexity index is 1750. The maximum absolute atomic E-state index is 13.4. The fourth-order valence-corrected chi connectivity index (χ4v) is 6.19. The highest BCUT2D eigenvalue weighted by atomic mass is 16.2. The standard InChI is InChI=1S/C30H32N10O/c31-29(32)40-13-8-30(9-14-40)6-11-39(12-7-30)28(41)25-16-19-1-2-20(17-24(19)36-25)27-33-10-5-26(37-27)35-22-3-4-23-21(15-22)18-34-38-23/h1-5,10,15-18,36H,6-9,11-14H2,(H3,31,32)(H,34,38)(H,33,35,37). The second-order valence-corrected chi connectivity index (χ2v) is 11.2. The number of fused-ring (bicyclic) bond motifs is 2. The summed E-state index contributed by atoms with van der Waals surface area (Å²) in [6.07, 6.45) is 7.57. The molecule has 0 unspecified atom stereocenters. The van der Waals surface area contributed by atoms with Crippen LogP contribution in [-0.2, 0) is 0 Å². The highest BCUT2D eigenvalue weighted by Gasteiger charge is 2.39. The monoisotopic (exact) mass is 548 g/mol. The van der Waals surface area contributed by atoms with E-state index >= 15 is 0 Å². The molecule has 0 radical (unpaired) electrons. The number of nitrogens with zero attached hydrogens (tertiary/aromatic N) is 5. The number of piperidine rings is 2. The Labute approximate surface area is 236 Å². The number of H-pyrrole nitrogens is 2. The number of aromatic amines is 2.